The van der Waals surface area contributed by atoms with Crippen LogP contribution in [0, 0.1) is 10.1 Å². The number of non-ortho nitro benzene ring substituents is 1. The molecule has 0 bridgehead atoms. The third-order valence-corrected chi connectivity index (χ3v) is 6.59. The van der Waals surface area contributed by atoms with E-state index in [1.807, 2.05) is 50.2 Å². The third-order valence-electron chi connectivity index (χ3n) is 5.58. The molecule has 4 rings (SSSR count). The molecule has 1 amide bonds. The number of nitro benzene ring substituents is 1. The van der Waals surface area contributed by atoms with Crippen molar-refractivity contribution in [1.29, 1.82) is 0 Å². The molecule has 1 aliphatic rings. The smallest absolute Gasteiger partial charge is 0.269 e. The Labute approximate surface area is 224 Å². The van der Waals surface area contributed by atoms with Crippen molar-refractivity contribution >= 4 is 40.3 Å². The fourth-order valence-electron chi connectivity index (χ4n) is 3.71. The number of nitro groups is 1. The number of amidine groups is 1. The van der Waals surface area contributed by atoms with Crippen LogP contribution in [0.3, 0.4) is 0 Å². The van der Waals surface area contributed by atoms with Gasteiger partial charge >= 0.3 is 0 Å². The van der Waals surface area contributed by atoms with Crippen molar-refractivity contribution in [3.63, 3.8) is 0 Å². The molecule has 38 heavy (non-hydrogen) atoms. The largest absolute Gasteiger partial charge is 0.497 e. The zero-order valence-electron chi connectivity index (χ0n) is 21.2. The lowest BCUT2D eigenvalue weighted by Crippen LogP contribution is -2.28. The fourth-order valence-corrected chi connectivity index (χ4v) is 4.77. The van der Waals surface area contributed by atoms with E-state index in [1.54, 1.807) is 36.3 Å². The summed E-state index contributed by atoms with van der Waals surface area (Å²) in [5.74, 6) is 1.64. The number of amides is 1. The van der Waals surface area contributed by atoms with Gasteiger partial charge in [0, 0.05) is 18.7 Å². The van der Waals surface area contributed by atoms with Crippen molar-refractivity contribution in [2.75, 3.05) is 20.3 Å². The number of ether oxygens (including phenoxy) is 3. The monoisotopic (exact) mass is 533 g/mol. The summed E-state index contributed by atoms with van der Waals surface area (Å²) in [7, 11) is 1.61. The van der Waals surface area contributed by atoms with Crippen molar-refractivity contribution in [3.8, 4) is 17.2 Å². The molecule has 196 valence electrons. The highest BCUT2D eigenvalue weighted by Crippen LogP contribution is 2.36. The van der Waals surface area contributed by atoms with Gasteiger partial charge in [-0.25, -0.2) is 4.99 Å². The van der Waals surface area contributed by atoms with Crippen LogP contribution in [0.15, 0.2) is 76.6 Å². The molecule has 0 aliphatic carbocycles. The SMILES string of the molecule is CCOc1cc(/C=C2/SC(=Nc3ccc(OC)cc3)N(CC)C2=O)ccc1OCc1cccc([N+](=O)[O-])c1. The molecule has 0 N–H and O–H groups in total. The van der Waals surface area contributed by atoms with Crippen molar-refractivity contribution in [2.24, 2.45) is 4.99 Å². The molecule has 0 spiro atoms. The Hall–Kier alpha value is -4.31. The second-order valence-electron chi connectivity index (χ2n) is 8.11. The molecule has 0 saturated carbocycles. The number of hydrogen-bond donors (Lipinski definition) is 0. The van der Waals surface area contributed by atoms with Crippen molar-refractivity contribution in [3.05, 3.63) is 92.9 Å². The Kier molecular flexibility index (Phi) is 8.65. The van der Waals surface area contributed by atoms with E-state index in [1.165, 1.54) is 23.9 Å². The van der Waals surface area contributed by atoms with Gasteiger partial charge in [-0.1, -0.05) is 18.2 Å². The predicted octanol–water partition coefficient (Wildman–Crippen LogP) is 6.21. The van der Waals surface area contributed by atoms with Gasteiger partial charge < -0.3 is 14.2 Å². The maximum atomic E-state index is 13.1. The second-order valence-corrected chi connectivity index (χ2v) is 9.12. The number of methoxy groups -OCH3 is 1. The zero-order chi connectivity index (χ0) is 27.1. The maximum absolute atomic E-state index is 13.1. The van der Waals surface area contributed by atoms with Gasteiger partial charge in [0.25, 0.3) is 11.6 Å². The molecule has 0 atom stereocenters. The van der Waals surface area contributed by atoms with Crippen LogP contribution in [-0.2, 0) is 11.4 Å². The van der Waals surface area contributed by atoms with Crippen LogP contribution in [0.1, 0.15) is 25.0 Å². The molecule has 0 radical (unpaired) electrons. The highest BCUT2D eigenvalue weighted by atomic mass is 32.2. The number of benzene rings is 3. The minimum Gasteiger partial charge on any atom is -0.497 e. The minimum absolute atomic E-state index is 0.00728. The summed E-state index contributed by atoms with van der Waals surface area (Å²) in [6.45, 7) is 4.83. The Morgan fingerprint density at radius 1 is 1.03 bits per heavy atom. The number of thioether (sulfide) groups is 1. The first-order chi connectivity index (χ1) is 18.4. The summed E-state index contributed by atoms with van der Waals surface area (Å²) >= 11 is 1.31. The van der Waals surface area contributed by atoms with Gasteiger partial charge in [-0.3, -0.25) is 19.8 Å². The fraction of sp³-hybridized carbons (Fsp3) is 0.214. The van der Waals surface area contributed by atoms with Gasteiger partial charge in [-0.05, 0) is 79.2 Å². The van der Waals surface area contributed by atoms with Crippen LogP contribution in [0.4, 0.5) is 11.4 Å². The number of hydrogen-bond acceptors (Lipinski definition) is 8. The second kappa shape index (κ2) is 12.3. The lowest BCUT2D eigenvalue weighted by atomic mass is 10.1. The van der Waals surface area contributed by atoms with Crippen LogP contribution in [0.2, 0.25) is 0 Å². The van der Waals surface area contributed by atoms with Gasteiger partial charge in [0.1, 0.15) is 12.4 Å². The number of nitrogens with zero attached hydrogens (tertiary/aromatic N) is 3. The summed E-state index contributed by atoms with van der Waals surface area (Å²) in [5.41, 5.74) is 2.18. The van der Waals surface area contributed by atoms with E-state index in [9.17, 15) is 14.9 Å². The van der Waals surface area contributed by atoms with Crippen molar-refractivity contribution in [2.45, 2.75) is 20.5 Å². The van der Waals surface area contributed by atoms with Crippen LogP contribution < -0.4 is 14.2 Å². The van der Waals surface area contributed by atoms with E-state index in [2.05, 4.69) is 4.99 Å². The number of carbonyl (C=O) groups is 1. The van der Waals surface area contributed by atoms with Crippen LogP contribution >= 0.6 is 11.8 Å². The number of likely N-dealkylation sites (N-methyl/N-ethyl adjacent to an activating group) is 1. The van der Waals surface area contributed by atoms with Crippen LogP contribution in [0.25, 0.3) is 6.08 Å². The zero-order valence-corrected chi connectivity index (χ0v) is 22.1. The molecule has 0 unspecified atom stereocenters. The van der Waals surface area contributed by atoms with E-state index >= 15 is 0 Å². The molecular formula is C28H27N3O6S. The summed E-state index contributed by atoms with van der Waals surface area (Å²) in [6.07, 6.45) is 1.80. The first kappa shape index (κ1) is 26.7. The van der Waals surface area contributed by atoms with E-state index in [-0.39, 0.29) is 18.2 Å². The van der Waals surface area contributed by atoms with E-state index < -0.39 is 4.92 Å². The van der Waals surface area contributed by atoms with Gasteiger partial charge in [0.2, 0.25) is 0 Å². The molecule has 10 heteroatoms. The molecule has 1 saturated heterocycles. The number of aliphatic imine (C=N–C) groups is 1. The highest BCUT2D eigenvalue weighted by Gasteiger charge is 2.32. The average Bonchev–Trinajstić information content (AvgIpc) is 3.22. The normalized spacial score (nSPS) is 15.2. The summed E-state index contributed by atoms with van der Waals surface area (Å²) in [6, 6.07) is 19.0. The molecule has 3 aromatic carbocycles. The summed E-state index contributed by atoms with van der Waals surface area (Å²) < 4.78 is 16.9. The van der Waals surface area contributed by atoms with Gasteiger partial charge in [-0.2, -0.15) is 0 Å². The van der Waals surface area contributed by atoms with Crippen LogP contribution in [-0.4, -0.2) is 41.2 Å². The topological polar surface area (TPSA) is 104 Å². The first-order valence-electron chi connectivity index (χ1n) is 12.0. The molecule has 3 aromatic rings. The van der Waals surface area contributed by atoms with Crippen molar-refractivity contribution in [1.82, 2.24) is 4.90 Å². The standard InChI is InChI=1S/C28H27N3O6S/c1-4-30-27(32)26(38-28(30)29-21-10-12-23(35-3)13-11-21)17-19-9-14-24(25(16-19)36-5-2)37-18-20-7-6-8-22(15-20)31(33)34/h6-17H,4-5,18H2,1-3H3/b26-17+,29-28?. The van der Waals surface area contributed by atoms with Gasteiger partial charge in [-0.15, -0.1) is 0 Å². The molecule has 1 fully saturated rings. The van der Waals surface area contributed by atoms with E-state index in [4.69, 9.17) is 14.2 Å². The minimum atomic E-state index is -0.438. The average molecular weight is 534 g/mol. The first-order valence-corrected chi connectivity index (χ1v) is 12.8. The Morgan fingerprint density at radius 3 is 2.50 bits per heavy atom. The van der Waals surface area contributed by atoms with Crippen molar-refractivity contribution < 1.29 is 23.9 Å². The Bertz CT molecular complexity index is 1390. The molecule has 9 nitrogen and oxygen atoms in total. The molecule has 1 heterocycles. The molecular weight excluding hydrogens is 506 g/mol. The molecule has 0 aromatic heterocycles. The Balaban J connectivity index is 1.54. The summed E-state index contributed by atoms with van der Waals surface area (Å²) in [4.78, 5) is 30.5. The highest BCUT2D eigenvalue weighted by molar-refractivity contribution is 8.18. The predicted molar refractivity (Wildman–Crippen MR) is 148 cm³/mol. The van der Waals surface area contributed by atoms with Gasteiger partial charge in [0.05, 0.1) is 29.2 Å². The quantitative estimate of drug-likeness (QED) is 0.173. The van der Waals surface area contributed by atoms with Gasteiger partial charge in [0.15, 0.2) is 16.7 Å². The molecule has 1 aliphatic heterocycles. The van der Waals surface area contributed by atoms with Crippen LogP contribution in [0.5, 0.6) is 17.2 Å². The number of carbonyl (C=O) groups excluding carboxylic acids is 1. The summed E-state index contributed by atoms with van der Waals surface area (Å²) in [5, 5.41) is 11.7. The Morgan fingerprint density at radius 2 is 1.82 bits per heavy atom. The lowest BCUT2D eigenvalue weighted by Gasteiger charge is -2.13. The third kappa shape index (κ3) is 6.33. The number of rotatable bonds is 10. The lowest BCUT2D eigenvalue weighted by molar-refractivity contribution is -0.384. The maximum Gasteiger partial charge on any atom is 0.269 e. The van der Waals surface area contributed by atoms with E-state index in [0.29, 0.717) is 40.3 Å². The van der Waals surface area contributed by atoms with E-state index in [0.717, 1.165) is 17.0 Å².